The second-order valence-corrected chi connectivity index (χ2v) is 4.36. The highest BCUT2D eigenvalue weighted by Crippen LogP contribution is 2.14. The van der Waals surface area contributed by atoms with Gasteiger partial charge in [-0.2, -0.15) is 5.10 Å². The Kier molecular flexibility index (Phi) is 3.46. The molecule has 0 saturated heterocycles. The normalized spacial score (nSPS) is 10.4. The molecule has 0 fully saturated rings. The Hall–Kier alpha value is -2.10. The number of nitrogens with one attached hydrogen (secondary N) is 1. The molecule has 0 saturated carbocycles. The zero-order chi connectivity index (χ0) is 13.1. The fourth-order valence-corrected chi connectivity index (χ4v) is 1.96. The molecule has 18 heavy (non-hydrogen) atoms. The Balaban J connectivity index is 2.08. The Morgan fingerprint density at radius 2 is 1.94 bits per heavy atom. The Labute approximate surface area is 107 Å². The van der Waals surface area contributed by atoms with Crippen LogP contribution in [-0.2, 0) is 18.3 Å². The molecule has 1 heterocycles. The minimum Gasteiger partial charge on any atom is -0.326 e. The number of amides is 1. The molecule has 4 nitrogen and oxygen atoms in total. The first kappa shape index (κ1) is 12.4. The first-order chi connectivity index (χ1) is 8.58. The van der Waals surface area contributed by atoms with Crippen molar-refractivity contribution in [3.05, 3.63) is 47.3 Å². The zero-order valence-electron chi connectivity index (χ0n) is 10.9. The lowest BCUT2D eigenvalue weighted by Gasteiger charge is -2.05. The van der Waals surface area contributed by atoms with Crippen LogP contribution >= 0.6 is 0 Å². The molecule has 0 radical (unpaired) electrons. The lowest BCUT2D eigenvalue weighted by Crippen LogP contribution is -2.15. The third-order valence-corrected chi connectivity index (χ3v) is 3.05. The number of hydrogen-bond acceptors (Lipinski definition) is 2. The number of aromatic nitrogens is 2. The molecule has 94 valence electrons. The van der Waals surface area contributed by atoms with Gasteiger partial charge in [0, 0.05) is 24.0 Å². The van der Waals surface area contributed by atoms with E-state index in [1.165, 1.54) is 0 Å². The number of carbonyl (C=O) groups is 1. The third-order valence-electron chi connectivity index (χ3n) is 3.05. The van der Waals surface area contributed by atoms with Crippen LogP contribution in [0.4, 0.5) is 5.69 Å². The number of anilines is 1. The monoisotopic (exact) mass is 243 g/mol. The topological polar surface area (TPSA) is 46.9 Å². The molecule has 0 spiro atoms. The van der Waals surface area contributed by atoms with Crippen LogP contribution in [0.15, 0.2) is 30.3 Å². The van der Waals surface area contributed by atoms with E-state index >= 15 is 0 Å². The van der Waals surface area contributed by atoms with E-state index < -0.39 is 0 Å². The standard InChI is InChI=1S/C14H17N3O/c1-10-13(11(2)17(3)16-10)9-14(18)15-12-7-5-4-6-8-12/h4-8H,9H2,1-3H3,(H,15,18). The van der Waals surface area contributed by atoms with E-state index in [1.807, 2.05) is 51.2 Å². The van der Waals surface area contributed by atoms with Crippen molar-refractivity contribution in [1.82, 2.24) is 9.78 Å². The summed E-state index contributed by atoms with van der Waals surface area (Å²) < 4.78 is 1.81. The summed E-state index contributed by atoms with van der Waals surface area (Å²) >= 11 is 0. The molecule has 0 bridgehead atoms. The van der Waals surface area contributed by atoms with Gasteiger partial charge in [-0.15, -0.1) is 0 Å². The molecule has 1 aromatic carbocycles. The van der Waals surface area contributed by atoms with E-state index in [-0.39, 0.29) is 5.91 Å². The number of rotatable bonds is 3. The molecule has 0 aliphatic heterocycles. The molecule has 1 amide bonds. The van der Waals surface area contributed by atoms with Gasteiger partial charge >= 0.3 is 0 Å². The number of hydrogen-bond donors (Lipinski definition) is 1. The summed E-state index contributed by atoms with van der Waals surface area (Å²) in [5, 5.41) is 7.19. The molecule has 0 atom stereocenters. The van der Waals surface area contributed by atoms with Gasteiger partial charge in [-0.3, -0.25) is 9.48 Å². The minimum absolute atomic E-state index is 0.0135. The highest BCUT2D eigenvalue weighted by atomic mass is 16.1. The van der Waals surface area contributed by atoms with Crippen molar-refractivity contribution in [1.29, 1.82) is 0 Å². The Morgan fingerprint density at radius 1 is 1.28 bits per heavy atom. The SMILES string of the molecule is Cc1nn(C)c(C)c1CC(=O)Nc1ccccc1. The van der Waals surface area contributed by atoms with Gasteiger partial charge in [0.05, 0.1) is 12.1 Å². The summed E-state index contributed by atoms with van der Waals surface area (Å²) in [6.45, 7) is 3.91. The maximum atomic E-state index is 11.9. The van der Waals surface area contributed by atoms with Crippen LogP contribution in [-0.4, -0.2) is 15.7 Å². The van der Waals surface area contributed by atoms with Gasteiger partial charge in [0.15, 0.2) is 0 Å². The van der Waals surface area contributed by atoms with Gasteiger partial charge in [0.2, 0.25) is 5.91 Å². The molecular formula is C14H17N3O. The summed E-state index contributed by atoms with van der Waals surface area (Å²) in [4.78, 5) is 11.9. The fraction of sp³-hybridized carbons (Fsp3) is 0.286. The predicted octanol–water partition coefficient (Wildman–Crippen LogP) is 2.22. The smallest absolute Gasteiger partial charge is 0.228 e. The van der Waals surface area contributed by atoms with Gasteiger partial charge in [0.1, 0.15) is 0 Å². The first-order valence-corrected chi connectivity index (χ1v) is 5.92. The summed E-state index contributed by atoms with van der Waals surface area (Å²) in [6, 6.07) is 9.47. The molecule has 2 aromatic rings. The van der Waals surface area contributed by atoms with Crippen LogP contribution < -0.4 is 5.32 Å². The Bertz CT molecular complexity index is 558. The highest BCUT2D eigenvalue weighted by molar-refractivity contribution is 5.92. The van der Waals surface area contributed by atoms with Gasteiger partial charge in [-0.25, -0.2) is 0 Å². The maximum absolute atomic E-state index is 11.9. The molecular weight excluding hydrogens is 226 g/mol. The largest absolute Gasteiger partial charge is 0.326 e. The fourth-order valence-electron chi connectivity index (χ4n) is 1.96. The van der Waals surface area contributed by atoms with Crippen LogP contribution in [0.2, 0.25) is 0 Å². The van der Waals surface area contributed by atoms with Gasteiger partial charge in [-0.05, 0) is 26.0 Å². The summed E-state index contributed by atoms with van der Waals surface area (Å²) in [5.41, 5.74) is 3.78. The highest BCUT2D eigenvalue weighted by Gasteiger charge is 2.13. The minimum atomic E-state index is -0.0135. The summed E-state index contributed by atoms with van der Waals surface area (Å²) in [7, 11) is 1.89. The first-order valence-electron chi connectivity index (χ1n) is 5.92. The second-order valence-electron chi connectivity index (χ2n) is 4.36. The van der Waals surface area contributed by atoms with Crippen LogP contribution in [0.3, 0.4) is 0 Å². The average molecular weight is 243 g/mol. The lowest BCUT2D eigenvalue weighted by atomic mass is 10.1. The summed E-state index contributed by atoms with van der Waals surface area (Å²) in [6.07, 6.45) is 0.362. The van der Waals surface area contributed by atoms with Crippen molar-refractivity contribution in [3.63, 3.8) is 0 Å². The van der Waals surface area contributed by atoms with Crippen LogP contribution in [0.5, 0.6) is 0 Å². The molecule has 4 heteroatoms. The average Bonchev–Trinajstić information content (AvgIpc) is 2.57. The quantitative estimate of drug-likeness (QED) is 0.898. The van der Waals surface area contributed by atoms with Gasteiger partial charge in [0.25, 0.3) is 0 Å². The lowest BCUT2D eigenvalue weighted by molar-refractivity contribution is -0.115. The van der Waals surface area contributed by atoms with E-state index in [4.69, 9.17) is 0 Å². The van der Waals surface area contributed by atoms with Crippen molar-refractivity contribution in [2.24, 2.45) is 7.05 Å². The number of nitrogens with zero attached hydrogens (tertiary/aromatic N) is 2. The maximum Gasteiger partial charge on any atom is 0.228 e. The van der Waals surface area contributed by atoms with Crippen molar-refractivity contribution in [2.75, 3.05) is 5.32 Å². The second kappa shape index (κ2) is 5.04. The number of aryl methyl sites for hydroxylation is 2. The zero-order valence-corrected chi connectivity index (χ0v) is 10.9. The third kappa shape index (κ3) is 2.59. The van der Waals surface area contributed by atoms with Crippen molar-refractivity contribution < 1.29 is 4.79 Å². The van der Waals surface area contributed by atoms with Crippen molar-refractivity contribution in [2.45, 2.75) is 20.3 Å². The summed E-state index contributed by atoms with van der Waals surface area (Å²) in [5.74, 6) is -0.0135. The van der Waals surface area contributed by atoms with Crippen molar-refractivity contribution in [3.8, 4) is 0 Å². The van der Waals surface area contributed by atoms with Gasteiger partial charge < -0.3 is 5.32 Å². The van der Waals surface area contributed by atoms with Gasteiger partial charge in [-0.1, -0.05) is 18.2 Å². The van der Waals surface area contributed by atoms with Crippen LogP contribution in [0.1, 0.15) is 17.0 Å². The molecule has 0 aliphatic rings. The molecule has 0 aliphatic carbocycles. The van der Waals surface area contributed by atoms with E-state index in [0.717, 1.165) is 22.6 Å². The number of para-hydroxylation sites is 1. The van der Waals surface area contributed by atoms with Crippen LogP contribution in [0.25, 0.3) is 0 Å². The molecule has 0 unspecified atom stereocenters. The molecule has 2 rings (SSSR count). The number of benzene rings is 1. The number of carbonyl (C=O) groups excluding carboxylic acids is 1. The van der Waals surface area contributed by atoms with E-state index in [2.05, 4.69) is 10.4 Å². The van der Waals surface area contributed by atoms with E-state index in [1.54, 1.807) is 4.68 Å². The van der Waals surface area contributed by atoms with E-state index in [0.29, 0.717) is 6.42 Å². The Morgan fingerprint density at radius 3 is 2.50 bits per heavy atom. The molecule has 1 N–H and O–H groups in total. The van der Waals surface area contributed by atoms with Crippen molar-refractivity contribution >= 4 is 11.6 Å². The van der Waals surface area contributed by atoms with Crippen LogP contribution in [0, 0.1) is 13.8 Å². The predicted molar refractivity (Wildman–Crippen MR) is 71.5 cm³/mol. The molecule has 1 aromatic heterocycles. The van der Waals surface area contributed by atoms with E-state index in [9.17, 15) is 4.79 Å².